The maximum absolute atomic E-state index is 4.46. The van der Waals surface area contributed by atoms with Gasteiger partial charge in [0, 0.05) is 18.0 Å². The summed E-state index contributed by atoms with van der Waals surface area (Å²) < 4.78 is 1.98. The minimum Gasteiger partial charge on any atom is -0.284 e. The van der Waals surface area contributed by atoms with Crippen molar-refractivity contribution >= 4 is 11.3 Å². The van der Waals surface area contributed by atoms with Crippen molar-refractivity contribution in [2.75, 3.05) is 0 Å². The fourth-order valence-corrected chi connectivity index (χ4v) is 4.14. The SMILES string of the molecule is CC(C)[C@@H](c1nnnn1C(C)(C)C)N(Cc1ccccc1)Cc1cccs1. The maximum Gasteiger partial charge on any atom is 0.169 e. The van der Waals surface area contributed by atoms with E-state index in [0.29, 0.717) is 5.92 Å². The van der Waals surface area contributed by atoms with E-state index in [1.807, 2.05) is 4.68 Å². The number of benzene rings is 1. The van der Waals surface area contributed by atoms with Crippen LogP contribution in [0.5, 0.6) is 0 Å². The molecule has 0 N–H and O–H groups in total. The molecule has 0 spiro atoms. The van der Waals surface area contributed by atoms with Crippen molar-refractivity contribution in [2.45, 2.75) is 59.3 Å². The molecule has 0 fully saturated rings. The minimum atomic E-state index is -0.159. The molecule has 0 radical (unpaired) electrons. The lowest BCUT2D eigenvalue weighted by Gasteiger charge is -2.35. The van der Waals surface area contributed by atoms with Gasteiger partial charge in [0.1, 0.15) is 0 Å². The van der Waals surface area contributed by atoms with Gasteiger partial charge < -0.3 is 0 Å². The topological polar surface area (TPSA) is 46.8 Å². The van der Waals surface area contributed by atoms with Crippen LogP contribution in [0.3, 0.4) is 0 Å². The Morgan fingerprint density at radius 1 is 1.04 bits per heavy atom. The first-order valence-electron chi connectivity index (χ1n) is 9.45. The average Bonchev–Trinajstić information content (AvgIpc) is 3.27. The first-order chi connectivity index (χ1) is 12.9. The van der Waals surface area contributed by atoms with Crippen molar-refractivity contribution < 1.29 is 0 Å². The summed E-state index contributed by atoms with van der Waals surface area (Å²) in [6.07, 6.45) is 0. The largest absolute Gasteiger partial charge is 0.284 e. The van der Waals surface area contributed by atoms with E-state index in [2.05, 4.69) is 103 Å². The Bertz CT molecular complexity index is 818. The molecule has 0 aliphatic rings. The summed E-state index contributed by atoms with van der Waals surface area (Å²) in [7, 11) is 0. The molecule has 5 nitrogen and oxygen atoms in total. The summed E-state index contributed by atoms with van der Waals surface area (Å²) in [5, 5.41) is 14.9. The van der Waals surface area contributed by atoms with E-state index in [1.54, 1.807) is 11.3 Å². The van der Waals surface area contributed by atoms with E-state index in [4.69, 9.17) is 0 Å². The zero-order chi connectivity index (χ0) is 19.4. The molecule has 6 heteroatoms. The summed E-state index contributed by atoms with van der Waals surface area (Å²) in [4.78, 5) is 3.85. The monoisotopic (exact) mass is 383 g/mol. The number of rotatable bonds is 7. The number of thiophene rings is 1. The van der Waals surface area contributed by atoms with E-state index < -0.39 is 0 Å². The highest BCUT2D eigenvalue weighted by molar-refractivity contribution is 7.09. The molecule has 27 heavy (non-hydrogen) atoms. The summed E-state index contributed by atoms with van der Waals surface area (Å²) in [6, 6.07) is 15.1. The van der Waals surface area contributed by atoms with Crippen molar-refractivity contribution in [1.82, 2.24) is 25.1 Å². The smallest absolute Gasteiger partial charge is 0.169 e. The van der Waals surface area contributed by atoms with Gasteiger partial charge in [-0.2, -0.15) is 0 Å². The Hall–Kier alpha value is -2.05. The van der Waals surface area contributed by atoms with Crippen molar-refractivity contribution in [2.24, 2.45) is 5.92 Å². The van der Waals surface area contributed by atoms with Crippen LogP contribution in [0.2, 0.25) is 0 Å². The second-order valence-corrected chi connectivity index (χ2v) is 9.31. The second-order valence-electron chi connectivity index (χ2n) is 8.28. The van der Waals surface area contributed by atoms with E-state index in [9.17, 15) is 0 Å². The molecule has 144 valence electrons. The molecule has 0 bridgehead atoms. The van der Waals surface area contributed by atoms with Gasteiger partial charge in [0.15, 0.2) is 5.82 Å². The number of tetrazole rings is 1. The maximum atomic E-state index is 4.46. The fourth-order valence-electron chi connectivity index (χ4n) is 3.41. The van der Waals surface area contributed by atoms with Gasteiger partial charge in [0.05, 0.1) is 11.6 Å². The van der Waals surface area contributed by atoms with Crippen LogP contribution in [-0.4, -0.2) is 25.1 Å². The van der Waals surface area contributed by atoms with Crippen LogP contribution >= 0.6 is 11.3 Å². The molecule has 3 rings (SSSR count). The van der Waals surface area contributed by atoms with Crippen molar-refractivity contribution in [3.8, 4) is 0 Å². The Morgan fingerprint density at radius 2 is 1.78 bits per heavy atom. The molecule has 0 aliphatic carbocycles. The molecule has 2 aromatic heterocycles. The molecule has 1 atom stereocenters. The highest BCUT2D eigenvalue weighted by Crippen LogP contribution is 2.32. The molecule has 1 aromatic carbocycles. The Morgan fingerprint density at radius 3 is 2.37 bits per heavy atom. The molecule has 0 aliphatic heterocycles. The van der Waals surface area contributed by atoms with Crippen LogP contribution in [0.25, 0.3) is 0 Å². The molecule has 2 heterocycles. The lowest BCUT2D eigenvalue weighted by atomic mass is 9.99. The first kappa shape index (κ1) is 19.7. The number of hydrogen-bond donors (Lipinski definition) is 0. The highest BCUT2D eigenvalue weighted by atomic mass is 32.1. The number of nitrogens with zero attached hydrogens (tertiary/aromatic N) is 5. The van der Waals surface area contributed by atoms with Crippen LogP contribution in [0, 0.1) is 5.92 Å². The molecule has 0 saturated heterocycles. The second kappa shape index (κ2) is 8.31. The summed E-state index contributed by atoms with van der Waals surface area (Å²) in [6.45, 7) is 12.7. The Balaban J connectivity index is 1.99. The van der Waals surface area contributed by atoms with Crippen LogP contribution in [0.15, 0.2) is 47.8 Å². The van der Waals surface area contributed by atoms with E-state index in [0.717, 1.165) is 18.9 Å². The van der Waals surface area contributed by atoms with E-state index >= 15 is 0 Å². The quantitative estimate of drug-likeness (QED) is 0.583. The summed E-state index contributed by atoms with van der Waals surface area (Å²) in [5.74, 6) is 1.31. The number of aromatic nitrogens is 4. The highest BCUT2D eigenvalue weighted by Gasteiger charge is 2.32. The molecule has 0 amide bonds. The third-order valence-electron chi connectivity index (χ3n) is 4.59. The van der Waals surface area contributed by atoms with Crippen LogP contribution in [-0.2, 0) is 18.6 Å². The van der Waals surface area contributed by atoms with Gasteiger partial charge in [-0.15, -0.1) is 16.4 Å². The minimum absolute atomic E-state index is 0.126. The van der Waals surface area contributed by atoms with Crippen LogP contribution < -0.4 is 0 Å². The molecule has 0 saturated carbocycles. The van der Waals surface area contributed by atoms with Crippen LogP contribution in [0.1, 0.15) is 56.9 Å². The summed E-state index contributed by atoms with van der Waals surface area (Å²) >= 11 is 1.80. The lowest BCUT2D eigenvalue weighted by Crippen LogP contribution is -2.36. The third-order valence-corrected chi connectivity index (χ3v) is 5.45. The predicted molar refractivity (Wildman–Crippen MR) is 110 cm³/mol. The standard InChI is InChI=1S/C21H29N5S/c1-16(2)19(20-22-23-24-26(20)21(3,4)5)25(15-18-12-9-13-27-18)14-17-10-7-6-8-11-17/h6-13,16,19H,14-15H2,1-5H3/t19-/m0/s1. The normalized spacial score (nSPS) is 13.4. The van der Waals surface area contributed by atoms with Gasteiger partial charge in [0.25, 0.3) is 0 Å². The molecular weight excluding hydrogens is 354 g/mol. The Labute approximate surface area is 166 Å². The zero-order valence-electron chi connectivity index (χ0n) is 16.8. The third kappa shape index (κ3) is 4.82. The predicted octanol–water partition coefficient (Wildman–Crippen LogP) is 4.89. The van der Waals surface area contributed by atoms with Crippen molar-refractivity contribution in [1.29, 1.82) is 0 Å². The van der Waals surface area contributed by atoms with Gasteiger partial charge in [0.2, 0.25) is 0 Å². The van der Waals surface area contributed by atoms with Crippen molar-refractivity contribution in [3.05, 3.63) is 64.1 Å². The Kier molecular flexibility index (Phi) is 6.07. The van der Waals surface area contributed by atoms with E-state index in [-0.39, 0.29) is 11.6 Å². The summed E-state index contributed by atoms with van der Waals surface area (Å²) in [5.41, 5.74) is 1.14. The average molecular weight is 384 g/mol. The zero-order valence-corrected chi connectivity index (χ0v) is 17.6. The fraction of sp³-hybridized carbons (Fsp3) is 0.476. The number of hydrogen-bond acceptors (Lipinski definition) is 5. The van der Waals surface area contributed by atoms with Gasteiger partial charge >= 0.3 is 0 Å². The molecular formula is C21H29N5S. The van der Waals surface area contributed by atoms with E-state index in [1.165, 1.54) is 10.4 Å². The van der Waals surface area contributed by atoms with Gasteiger partial charge in [-0.1, -0.05) is 50.2 Å². The van der Waals surface area contributed by atoms with Gasteiger partial charge in [-0.3, -0.25) is 4.90 Å². The first-order valence-corrected chi connectivity index (χ1v) is 10.3. The van der Waals surface area contributed by atoms with Crippen molar-refractivity contribution in [3.63, 3.8) is 0 Å². The van der Waals surface area contributed by atoms with Gasteiger partial charge in [-0.25, -0.2) is 4.68 Å². The van der Waals surface area contributed by atoms with Gasteiger partial charge in [-0.05, 0) is 54.1 Å². The molecule has 3 aromatic rings. The molecule has 0 unspecified atom stereocenters. The lowest BCUT2D eigenvalue weighted by molar-refractivity contribution is 0.121. The van der Waals surface area contributed by atoms with Crippen LogP contribution in [0.4, 0.5) is 0 Å².